The van der Waals surface area contributed by atoms with E-state index in [2.05, 4.69) is 15.5 Å². The maximum atomic E-state index is 11.6. The second-order valence-corrected chi connectivity index (χ2v) is 4.93. The van der Waals surface area contributed by atoms with Crippen LogP contribution in [0.1, 0.15) is 5.56 Å². The van der Waals surface area contributed by atoms with Gasteiger partial charge in [-0.3, -0.25) is 4.79 Å². The average Bonchev–Trinajstić information content (AvgIpc) is 2.44. The van der Waals surface area contributed by atoms with Crippen molar-refractivity contribution in [3.63, 3.8) is 0 Å². The van der Waals surface area contributed by atoms with Gasteiger partial charge < -0.3 is 20.3 Å². The van der Waals surface area contributed by atoms with Gasteiger partial charge in [-0.05, 0) is 38.2 Å². The average molecular weight is 279 g/mol. The fourth-order valence-corrected chi connectivity index (χ4v) is 1.71. The van der Waals surface area contributed by atoms with Gasteiger partial charge in [-0.1, -0.05) is 12.1 Å². The summed E-state index contributed by atoms with van der Waals surface area (Å²) < 4.78 is 5.10. The molecule has 0 atom stereocenters. The maximum Gasteiger partial charge on any atom is 0.233 e. The van der Waals surface area contributed by atoms with E-state index in [0.717, 1.165) is 25.3 Å². The minimum absolute atomic E-state index is 0.0391. The molecule has 0 saturated heterocycles. The van der Waals surface area contributed by atoms with Crippen molar-refractivity contribution in [3.8, 4) is 5.75 Å². The summed E-state index contributed by atoms with van der Waals surface area (Å²) in [4.78, 5) is 13.6. The monoisotopic (exact) mass is 279 g/mol. The predicted molar refractivity (Wildman–Crippen MR) is 81.1 cm³/mol. The van der Waals surface area contributed by atoms with Crippen molar-refractivity contribution >= 4 is 5.91 Å². The number of carbonyl (C=O) groups excluding carboxylic acids is 1. The molecule has 0 aliphatic carbocycles. The Labute approximate surface area is 121 Å². The molecule has 2 N–H and O–H groups in total. The molecule has 5 nitrogen and oxygen atoms in total. The van der Waals surface area contributed by atoms with E-state index < -0.39 is 0 Å². The highest BCUT2D eigenvalue weighted by Gasteiger charge is 2.00. The Hall–Kier alpha value is -1.59. The molecular weight excluding hydrogens is 254 g/mol. The molecule has 1 rings (SSSR count). The molecule has 0 saturated carbocycles. The third-order valence-corrected chi connectivity index (χ3v) is 2.92. The van der Waals surface area contributed by atoms with Crippen LogP contribution in [0.15, 0.2) is 24.3 Å². The number of rotatable bonds is 9. The number of ether oxygens (including phenoxy) is 1. The Morgan fingerprint density at radius 1 is 1.20 bits per heavy atom. The molecule has 0 radical (unpaired) electrons. The van der Waals surface area contributed by atoms with Crippen molar-refractivity contribution in [1.29, 1.82) is 0 Å². The van der Waals surface area contributed by atoms with E-state index >= 15 is 0 Å². The lowest BCUT2D eigenvalue weighted by Crippen LogP contribution is -2.37. The highest BCUT2D eigenvalue weighted by molar-refractivity contribution is 5.77. The summed E-state index contributed by atoms with van der Waals surface area (Å²) >= 11 is 0. The standard InChI is InChI=1S/C15H25N3O2/c1-18(2)11-10-16-12-15(19)17-9-8-13-4-6-14(20-3)7-5-13/h4-7,16H,8-12H2,1-3H3,(H,17,19). The van der Waals surface area contributed by atoms with E-state index in [0.29, 0.717) is 13.1 Å². The summed E-state index contributed by atoms with van der Waals surface area (Å²) in [7, 11) is 5.67. The second kappa shape index (κ2) is 9.34. The maximum absolute atomic E-state index is 11.6. The van der Waals surface area contributed by atoms with Crippen LogP contribution in [-0.4, -0.2) is 58.2 Å². The molecule has 0 fully saturated rings. The molecule has 5 heteroatoms. The Morgan fingerprint density at radius 3 is 2.50 bits per heavy atom. The van der Waals surface area contributed by atoms with Crippen molar-refractivity contribution < 1.29 is 9.53 Å². The van der Waals surface area contributed by atoms with Crippen LogP contribution in [0.5, 0.6) is 5.75 Å². The van der Waals surface area contributed by atoms with E-state index in [1.165, 1.54) is 5.56 Å². The smallest absolute Gasteiger partial charge is 0.233 e. The van der Waals surface area contributed by atoms with Gasteiger partial charge in [0.1, 0.15) is 5.75 Å². The van der Waals surface area contributed by atoms with Crippen molar-refractivity contribution in [2.24, 2.45) is 0 Å². The first-order chi connectivity index (χ1) is 9.61. The molecule has 0 spiro atoms. The van der Waals surface area contributed by atoms with Crippen molar-refractivity contribution in [2.75, 3.05) is 47.4 Å². The minimum atomic E-state index is 0.0391. The lowest BCUT2D eigenvalue weighted by molar-refractivity contribution is -0.120. The van der Waals surface area contributed by atoms with Crippen LogP contribution in [0, 0.1) is 0 Å². The van der Waals surface area contributed by atoms with E-state index in [4.69, 9.17) is 4.74 Å². The number of likely N-dealkylation sites (N-methyl/N-ethyl adjacent to an activating group) is 1. The second-order valence-electron chi connectivity index (χ2n) is 4.93. The van der Waals surface area contributed by atoms with E-state index in [1.807, 2.05) is 38.4 Å². The Balaban J connectivity index is 2.11. The Morgan fingerprint density at radius 2 is 1.90 bits per heavy atom. The molecule has 0 aliphatic rings. The van der Waals surface area contributed by atoms with Crippen LogP contribution in [0.2, 0.25) is 0 Å². The third-order valence-electron chi connectivity index (χ3n) is 2.92. The van der Waals surface area contributed by atoms with Gasteiger partial charge in [0.2, 0.25) is 5.91 Å². The predicted octanol–water partition coefficient (Wildman–Crippen LogP) is 0.505. The number of nitrogens with one attached hydrogen (secondary N) is 2. The molecular formula is C15H25N3O2. The minimum Gasteiger partial charge on any atom is -0.497 e. The lowest BCUT2D eigenvalue weighted by atomic mass is 10.1. The lowest BCUT2D eigenvalue weighted by Gasteiger charge is -2.10. The number of benzene rings is 1. The molecule has 1 aromatic rings. The Kier molecular flexibility index (Phi) is 7.69. The van der Waals surface area contributed by atoms with Crippen molar-refractivity contribution in [3.05, 3.63) is 29.8 Å². The summed E-state index contributed by atoms with van der Waals surface area (Å²) in [6.45, 7) is 2.77. The van der Waals surface area contributed by atoms with Gasteiger partial charge in [0, 0.05) is 19.6 Å². The molecule has 20 heavy (non-hydrogen) atoms. The SMILES string of the molecule is COc1ccc(CCNC(=O)CNCCN(C)C)cc1. The molecule has 0 unspecified atom stereocenters. The van der Waals surface area contributed by atoms with Gasteiger partial charge in [-0.2, -0.15) is 0 Å². The van der Waals surface area contributed by atoms with Crippen LogP contribution in [0.25, 0.3) is 0 Å². The molecule has 0 aromatic heterocycles. The summed E-state index contributed by atoms with van der Waals surface area (Å²) in [5.41, 5.74) is 1.19. The van der Waals surface area contributed by atoms with Crippen molar-refractivity contribution in [1.82, 2.24) is 15.5 Å². The molecule has 1 aromatic carbocycles. The van der Waals surface area contributed by atoms with E-state index in [-0.39, 0.29) is 5.91 Å². The molecule has 1 amide bonds. The molecule has 0 heterocycles. The number of carbonyl (C=O) groups is 1. The zero-order valence-electron chi connectivity index (χ0n) is 12.6. The van der Waals surface area contributed by atoms with Crippen LogP contribution < -0.4 is 15.4 Å². The molecule has 0 bridgehead atoms. The number of hydrogen-bond acceptors (Lipinski definition) is 4. The van der Waals surface area contributed by atoms with Gasteiger partial charge in [-0.25, -0.2) is 0 Å². The van der Waals surface area contributed by atoms with Gasteiger partial charge in [-0.15, -0.1) is 0 Å². The van der Waals surface area contributed by atoms with Crippen LogP contribution in [0.3, 0.4) is 0 Å². The highest BCUT2D eigenvalue weighted by atomic mass is 16.5. The number of hydrogen-bond donors (Lipinski definition) is 2. The molecule has 112 valence electrons. The van der Waals surface area contributed by atoms with E-state index in [9.17, 15) is 4.79 Å². The van der Waals surface area contributed by atoms with Crippen LogP contribution in [-0.2, 0) is 11.2 Å². The number of nitrogens with zero attached hydrogens (tertiary/aromatic N) is 1. The zero-order chi connectivity index (χ0) is 14.8. The zero-order valence-corrected chi connectivity index (χ0v) is 12.6. The largest absolute Gasteiger partial charge is 0.497 e. The third kappa shape index (κ3) is 7.11. The first-order valence-electron chi connectivity index (χ1n) is 6.87. The van der Waals surface area contributed by atoms with E-state index in [1.54, 1.807) is 7.11 Å². The van der Waals surface area contributed by atoms with Crippen LogP contribution in [0.4, 0.5) is 0 Å². The Bertz CT molecular complexity index is 391. The summed E-state index contributed by atoms with van der Waals surface area (Å²) in [6, 6.07) is 7.89. The summed E-state index contributed by atoms with van der Waals surface area (Å²) in [5, 5.41) is 6.01. The number of amides is 1. The van der Waals surface area contributed by atoms with Gasteiger partial charge in [0.25, 0.3) is 0 Å². The fourth-order valence-electron chi connectivity index (χ4n) is 1.71. The quantitative estimate of drug-likeness (QED) is 0.647. The van der Waals surface area contributed by atoms with Crippen LogP contribution >= 0.6 is 0 Å². The fraction of sp³-hybridized carbons (Fsp3) is 0.533. The normalized spacial score (nSPS) is 10.6. The molecule has 0 aliphatic heterocycles. The summed E-state index contributed by atoms with van der Waals surface area (Å²) in [5.74, 6) is 0.889. The first kappa shape index (κ1) is 16.5. The summed E-state index contributed by atoms with van der Waals surface area (Å²) in [6.07, 6.45) is 0.827. The van der Waals surface area contributed by atoms with Gasteiger partial charge >= 0.3 is 0 Å². The van der Waals surface area contributed by atoms with Crippen molar-refractivity contribution in [2.45, 2.75) is 6.42 Å². The first-order valence-corrected chi connectivity index (χ1v) is 6.87. The highest BCUT2D eigenvalue weighted by Crippen LogP contribution is 2.11. The van der Waals surface area contributed by atoms with Gasteiger partial charge in [0.15, 0.2) is 0 Å². The van der Waals surface area contributed by atoms with Gasteiger partial charge in [0.05, 0.1) is 13.7 Å². The number of methoxy groups -OCH3 is 1. The topological polar surface area (TPSA) is 53.6 Å².